The van der Waals surface area contributed by atoms with Crippen molar-refractivity contribution < 1.29 is 14.7 Å². The zero-order valence-corrected chi connectivity index (χ0v) is 14.4. The summed E-state index contributed by atoms with van der Waals surface area (Å²) in [7, 11) is 0. The minimum absolute atomic E-state index is 0.175. The van der Waals surface area contributed by atoms with E-state index < -0.39 is 11.4 Å². The predicted molar refractivity (Wildman–Crippen MR) is 91.3 cm³/mol. The number of rotatable bonds is 3. The number of carbonyl (C=O) groups is 2. The molecule has 2 aromatic rings. The van der Waals surface area contributed by atoms with Crippen LogP contribution >= 0.6 is 22.9 Å². The minimum Gasteiger partial charge on any atom is -0.481 e. The largest absolute Gasteiger partial charge is 0.481 e. The van der Waals surface area contributed by atoms with E-state index in [1.54, 1.807) is 19.1 Å². The number of urea groups is 1. The van der Waals surface area contributed by atoms with Crippen molar-refractivity contribution in [3.8, 4) is 10.6 Å². The summed E-state index contributed by atoms with van der Waals surface area (Å²) in [5.41, 5.74) is -0.0788. The number of carbonyl (C=O) groups excluding carboxylic acids is 1. The molecule has 24 heavy (non-hydrogen) atoms. The Morgan fingerprint density at radius 2 is 2.21 bits per heavy atom. The van der Waals surface area contributed by atoms with E-state index in [1.165, 1.54) is 16.2 Å². The molecule has 1 fully saturated rings. The molecule has 0 spiro atoms. The maximum Gasteiger partial charge on any atom is 0.323 e. The second-order valence-electron chi connectivity index (χ2n) is 5.89. The molecule has 0 saturated carbocycles. The zero-order chi connectivity index (χ0) is 17.3. The van der Waals surface area contributed by atoms with E-state index in [4.69, 9.17) is 11.6 Å². The fourth-order valence-corrected chi connectivity index (χ4v) is 3.41. The summed E-state index contributed by atoms with van der Waals surface area (Å²) in [6.45, 7) is 2.22. The topological polar surface area (TPSA) is 95.4 Å². The number of likely N-dealkylation sites (tertiary alicyclic amines) is 1. The van der Waals surface area contributed by atoms with Gasteiger partial charge >= 0.3 is 12.0 Å². The normalized spacial score (nSPS) is 20.2. The molecular formula is C15H15ClN4O3S. The number of aromatic nitrogens is 2. The van der Waals surface area contributed by atoms with Gasteiger partial charge < -0.3 is 10.0 Å². The number of nitrogens with zero attached hydrogens (tertiary/aromatic N) is 3. The molecule has 1 atom stereocenters. The Hall–Kier alpha value is -2.19. The van der Waals surface area contributed by atoms with Crippen LogP contribution in [0.2, 0.25) is 5.02 Å². The summed E-state index contributed by atoms with van der Waals surface area (Å²) in [6, 6.07) is 6.84. The number of amides is 2. The van der Waals surface area contributed by atoms with Crippen molar-refractivity contribution in [3.05, 3.63) is 29.3 Å². The van der Waals surface area contributed by atoms with Gasteiger partial charge in [-0.3, -0.25) is 10.1 Å². The van der Waals surface area contributed by atoms with E-state index in [2.05, 4.69) is 15.5 Å². The van der Waals surface area contributed by atoms with E-state index in [0.717, 1.165) is 5.56 Å². The van der Waals surface area contributed by atoms with Crippen LogP contribution in [0.3, 0.4) is 0 Å². The Morgan fingerprint density at radius 1 is 1.42 bits per heavy atom. The van der Waals surface area contributed by atoms with Crippen molar-refractivity contribution in [1.82, 2.24) is 15.1 Å². The summed E-state index contributed by atoms with van der Waals surface area (Å²) in [4.78, 5) is 25.0. The molecule has 2 heterocycles. The summed E-state index contributed by atoms with van der Waals surface area (Å²) >= 11 is 7.19. The highest BCUT2D eigenvalue weighted by Crippen LogP contribution is 2.31. The summed E-state index contributed by atoms with van der Waals surface area (Å²) in [6.07, 6.45) is 0.430. The number of hydrogen-bond acceptors (Lipinski definition) is 5. The predicted octanol–water partition coefficient (Wildman–Crippen LogP) is 3.19. The molecule has 0 aliphatic carbocycles. The number of carboxylic acids is 1. The fourth-order valence-electron chi connectivity index (χ4n) is 2.49. The third-order valence-corrected chi connectivity index (χ3v) is 5.11. The second kappa shape index (κ2) is 6.37. The van der Waals surface area contributed by atoms with Crippen molar-refractivity contribution >= 4 is 40.1 Å². The molecule has 2 N–H and O–H groups in total. The Balaban J connectivity index is 1.67. The molecule has 1 aromatic carbocycles. The number of carboxylic acid groups (broad SMARTS) is 1. The molecule has 9 heteroatoms. The van der Waals surface area contributed by atoms with Gasteiger partial charge in [-0.15, -0.1) is 10.2 Å². The van der Waals surface area contributed by atoms with Crippen LogP contribution in [-0.4, -0.2) is 45.3 Å². The average molecular weight is 367 g/mol. The third-order valence-electron chi connectivity index (χ3n) is 3.99. The smallest absolute Gasteiger partial charge is 0.323 e. The maximum absolute atomic E-state index is 12.3. The van der Waals surface area contributed by atoms with Gasteiger partial charge in [0.05, 0.1) is 5.41 Å². The first-order valence-electron chi connectivity index (χ1n) is 7.26. The molecule has 1 aliphatic heterocycles. The van der Waals surface area contributed by atoms with Crippen LogP contribution in [0, 0.1) is 5.41 Å². The van der Waals surface area contributed by atoms with Gasteiger partial charge in [0.15, 0.2) is 0 Å². The average Bonchev–Trinajstić information content (AvgIpc) is 3.15. The first kappa shape index (κ1) is 16.7. The fraction of sp³-hybridized carbons (Fsp3) is 0.333. The first-order valence-corrected chi connectivity index (χ1v) is 8.46. The minimum atomic E-state index is -0.898. The van der Waals surface area contributed by atoms with Gasteiger partial charge in [0.25, 0.3) is 0 Å². The Morgan fingerprint density at radius 3 is 2.88 bits per heavy atom. The molecule has 0 bridgehead atoms. The lowest BCUT2D eigenvalue weighted by Crippen LogP contribution is -2.37. The highest BCUT2D eigenvalue weighted by molar-refractivity contribution is 7.18. The molecular weight excluding hydrogens is 352 g/mol. The SMILES string of the molecule is CC1(C(=O)O)CCN(C(=O)Nc2nnc(-c3cccc(Cl)c3)s2)C1. The van der Waals surface area contributed by atoms with E-state index in [-0.39, 0.29) is 12.6 Å². The molecule has 1 aromatic heterocycles. The summed E-state index contributed by atoms with van der Waals surface area (Å²) < 4.78 is 0. The van der Waals surface area contributed by atoms with Gasteiger partial charge in [0, 0.05) is 23.7 Å². The Bertz CT molecular complexity index is 797. The maximum atomic E-state index is 12.3. The van der Waals surface area contributed by atoms with Gasteiger partial charge in [-0.25, -0.2) is 4.79 Å². The van der Waals surface area contributed by atoms with Crippen molar-refractivity contribution in [3.63, 3.8) is 0 Å². The molecule has 0 radical (unpaired) electrons. The van der Waals surface area contributed by atoms with Crippen molar-refractivity contribution in [1.29, 1.82) is 0 Å². The van der Waals surface area contributed by atoms with Crippen molar-refractivity contribution in [2.75, 3.05) is 18.4 Å². The van der Waals surface area contributed by atoms with E-state index in [0.29, 0.717) is 28.1 Å². The number of halogens is 1. The van der Waals surface area contributed by atoms with Gasteiger partial charge in [-0.1, -0.05) is 35.1 Å². The molecule has 2 amide bonds. The van der Waals surface area contributed by atoms with Crippen molar-refractivity contribution in [2.24, 2.45) is 5.41 Å². The van der Waals surface area contributed by atoms with E-state index in [1.807, 2.05) is 12.1 Å². The number of benzene rings is 1. The number of anilines is 1. The van der Waals surface area contributed by atoms with Crippen LogP contribution in [0.15, 0.2) is 24.3 Å². The monoisotopic (exact) mass is 366 g/mol. The van der Waals surface area contributed by atoms with Crippen LogP contribution < -0.4 is 5.32 Å². The van der Waals surface area contributed by atoms with Gasteiger partial charge in [-0.2, -0.15) is 0 Å². The van der Waals surface area contributed by atoms with Crippen molar-refractivity contribution in [2.45, 2.75) is 13.3 Å². The van der Waals surface area contributed by atoms with Gasteiger partial charge in [0.1, 0.15) is 5.01 Å². The third kappa shape index (κ3) is 3.34. The first-order chi connectivity index (χ1) is 11.4. The Labute approximate surface area is 147 Å². The molecule has 3 rings (SSSR count). The summed E-state index contributed by atoms with van der Waals surface area (Å²) in [5.74, 6) is -0.892. The van der Waals surface area contributed by atoms with Crippen LogP contribution in [0.1, 0.15) is 13.3 Å². The molecule has 7 nitrogen and oxygen atoms in total. The lowest BCUT2D eigenvalue weighted by Gasteiger charge is -2.19. The lowest BCUT2D eigenvalue weighted by molar-refractivity contribution is -0.146. The lowest BCUT2D eigenvalue weighted by atomic mass is 9.90. The number of aliphatic carboxylic acids is 1. The molecule has 1 saturated heterocycles. The molecule has 126 valence electrons. The quantitative estimate of drug-likeness (QED) is 0.869. The number of hydrogen-bond donors (Lipinski definition) is 2. The van der Waals surface area contributed by atoms with E-state index in [9.17, 15) is 14.7 Å². The van der Waals surface area contributed by atoms with Gasteiger partial charge in [0.2, 0.25) is 5.13 Å². The van der Waals surface area contributed by atoms with Crippen LogP contribution in [0.4, 0.5) is 9.93 Å². The molecule has 1 aliphatic rings. The van der Waals surface area contributed by atoms with Gasteiger partial charge in [-0.05, 0) is 25.5 Å². The zero-order valence-electron chi connectivity index (χ0n) is 12.8. The second-order valence-corrected chi connectivity index (χ2v) is 7.30. The van der Waals surface area contributed by atoms with Crippen LogP contribution in [0.25, 0.3) is 10.6 Å². The van der Waals surface area contributed by atoms with Crippen LogP contribution in [-0.2, 0) is 4.79 Å². The highest BCUT2D eigenvalue weighted by Gasteiger charge is 2.42. The van der Waals surface area contributed by atoms with E-state index >= 15 is 0 Å². The molecule has 1 unspecified atom stereocenters. The standard InChI is InChI=1S/C15H15ClN4O3S/c1-15(12(21)22)5-6-20(8-15)14(23)17-13-19-18-11(24-13)9-3-2-4-10(16)7-9/h2-4,7H,5-6,8H2,1H3,(H,21,22)(H,17,19,23). The van der Waals surface area contributed by atoms with Crippen LogP contribution in [0.5, 0.6) is 0 Å². The Kier molecular flexibility index (Phi) is 4.42. The summed E-state index contributed by atoms with van der Waals surface area (Å²) in [5, 5.41) is 21.5. The number of nitrogens with one attached hydrogen (secondary N) is 1. The highest BCUT2D eigenvalue weighted by atomic mass is 35.5.